The highest BCUT2D eigenvalue weighted by molar-refractivity contribution is 6.29. The highest BCUT2D eigenvalue weighted by Crippen LogP contribution is 2.20. The first-order valence-electron chi connectivity index (χ1n) is 6.05. The van der Waals surface area contributed by atoms with Gasteiger partial charge in [0.05, 0.1) is 6.61 Å². The second kappa shape index (κ2) is 6.25. The third kappa shape index (κ3) is 3.61. The van der Waals surface area contributed by atoms with Gasteiger partial charge in [0.25, 0.3) is 5.91 Å². The van der Waals surface area contributed by atoms with E-state index in [1.807, 2.05) is 6.92 Å². The quantitative estimate of drug-likeness (QED) is 0.670. The Morgan fingerprint density at radius 2 is 2.20 bits per heavy atom. The number of amides is 1. The van der Waals surface area contributed by atoms with Crippen LogP contribution in [0.5, 0.6) is 5.75 Å². The first-order chi connectivity index (χ1) is 9.58. The van der Waals surface area contributed by atoms with Gasteiger partial charge in [0.2, 0.25) is 0 Å². The zero-order valence-electron chi connectivity index (χ0n) is 10.9. The van der Waals surface area contributed by atoms with Crippen LogP contribution in [-0.2, 0) is 0 Å². The number of nitrogens with zero attached hydrogens (tertiary/aromatic N) is 1. The van der Waals surface area contributed by atoms with Crippen LogP contribution in [0, 0.1) is 0 Å². The van der Waals surface area contributed by atoms with Gasteiger partial charge in [-0.3, -0.25) is 4.79 Å². The SMILES string of the molecule is CCOc1cc(N)cc(C(=O)Nc2cccc(Cl)n2)c1. The molecule has 0 unspecified atom stereocenters. The Balaban J connectivity index is 2.20. The van der Waals surface area contributed by atoms with Gasteiger partial charge in [-0.1, -0.05) is 17.7 Å². The summed E-state index contributed by atoms with van der Waals surface area (Å²) in [5, 5.41) is 2.96. The number of anilines is 2. The molecule has 1 aromatic heterocycles. The van der Waals surface area contributed by atoms with Crippen molar-refractivity contribution in [3.05, 3.63) is 47.1 Å². The van der Waals surface area contributed by atoms with Crippen LogP contribution in [0.1, 0.15) is 17.3 Å². The van der Waals surface area contributed by atoms with Crippen LogP contribution in [0.4, 0.5) is 11.5 Å². The number of nitrogens with two attached hydrogens (primary N) is 1. The van der Waals surface area contributed by atoms with Crippen molar-refractivity contribution in [3.8, 4) is 5.75 Å². The van der Waals surface area contributed by atoms with Gasteiger partial charge >= 0.3 is 0 Å². The minimum absolute atomic E-state index is 0.311. The molecule has 5 nitrogen and oxygen atoms in total. The Labute approximate surface area is 121 Å². The van der Waals surface area contributed by atoms with E-state index in [-0.39, 0.29) is 5.91 Å². The van der Waals surface area contributed by atoms with Crippen LogP contribution in [0.15, 0.2) is 36.4 Å². The van der Waals surface area contributed by atoms with Gasteiger partial charge < -0.3 is 15.8 Å². The molecule has 1 heterocycles. The van der Waals surface area contributed by atoms with E-state index in [4.69, 9.17) is 22.1 Å². The number of halogens is 1. The van der Waals surface area contributed by atoms with Crippen LogP contribution in [0.2, 0.25) is 5.15 Å². The molecule has 0 saturated heterocycles. The molecule has 0 bridgehead atoms. The summed E-state index contributed by atoms with van der Waals surface area (Å²) in [5.41, 5.74) is 6.61. The molecular formula is C14H14ClN3O2. The lowest BCUT2D eigenvalue weighted by molar-refractivity contribution is 0.102. The Morgan fingerprint density at radius 1 is 1.40 bits per heavy atom. The van der Waals surface area contributed by atoms with Gasteiger partial charge in [-0.15, -0.1) is 0 Å². The number of carbonyl (C=O) groups is 1. The van der Waals surface area contributed by atoms with Gasteiger partial charge in [-0.25, -0.2) is 4.98 Å². The zero-order chi connectivity index (χ0) is 14.5. The summed E-state index contributed by atoms with van der Waals surface area (Å²) in [6.07, 6.45) is 0. The third-order valence-electron chi connectivity index (χ3n) is 2.46. The average Bonchev–Trinajstić information content (AvgIpc) is 2.38. The number of pyridine rings is 1. The molecule has 2 rings (SSSR count). The van der Waals surface area contributed by atoms with E-state index in [0.29, 0.717) is 34.6 Å². The highest BCUT2D eigenvalue weighted by Gasteiger charge is 2.10. The van der Waals surface area contributed by atoms with Crippen molar-refractivity contribution in [2.45, 2.75) is 6.92 Å². The van der Waals surface area contributed by atoms with E-state index in [9.17, 15) is 4.79 Å². The number of ether oxygens (including phenoxy) is 1. The summed E-state index contributed by atoms with van der Waals surface area (Å²) in [4.78, 5) is 16.1. The van der Waals surface area contributed by atoms with Crippen molar-refractivity contribution in [1.29, 1.82) is 0 Å². The number of aromatic nitrogens is 1. The summed E-state index contributed by atoms with van der Waals surface area (Å²) in [5.74, 6) is 0.604. The number of benzene rings is 1. The molecule has 0 aliphatic heterocycles. The molecule has 1 amide bonds. The molecule has 3 N–H and O–H groups in total. The number of rotatable bonds is 4. The highest BCUT2D eigenvalue weighted by atomic mass is 35.5. The molecule has 0 aliphatic rings. The fourth-order valence-corrected chi connectivity index (χ4v) is 1.83. The largest absolute Gasteiger partial charge is 0.494 e. The molecular weight excluding hydrogens is 278 g/mol. The number of hydrogen-bond donors (Lipinski definition) is 2. The van der Waals surface area contributed by atoms with Gasteiger partial charge in [0, 0.05) is 17.3 Å². The standard InChI is InChI=1S/C14H14ClN3O2/c1-2-20-11-7-9(6-10(16)8-11)14(19)18-13-5-3-4-12(15)17-13/h3-8H,2,16H2,1H3,(H,17,18,19). The van der Waals surface area contributed by atoms with E-state index in [1.165, 1.54) is 0 Å². The summed E-state index contributed by atoms with van der Waals surface area (Å²) >= 11 is 5.76. The second-order valence-corrected chi connectivity index (χ2v) is 4.41. The lowest BCUT2D eigenvalue weighted by Gasteiger charge is -2.08. The van der Waals surface area contributed by atoms with Crippen molar-refractivity contribution in [2.75, 3.05) is 17.7 Å². The average molecular weight is 292 g/mol. The summed E-state index contributed by atoms with van der Waals surface area (Å²) in [7, 11) is 0. The number of hydrogen-bond acceptors (Lipinski definition) is 4. The smallest absolute Gasteiger partial charge is 0.257 e. The molecule has 0 fully saturated rings. The molecule has 0 radical (unpaired) electrons. The van der Waals surface area contributed by atoms with Gasteiger partial charge in [-0.2, -0.15) is 0 Å². The maximum atomic E-state index is 12.1. The van der Waals surface area contributed by atoms with Crippen LogP contribution < -0.4 is 15.8 Å². The van der Waals surface area contributed by atoms with E-state index in [0.717, 1.165) is 0 Å². The topological polar surface area (TPSA) is 77.2 Å². The molecule has 104 valence electrons. The van der Waals surface area contributed by atoms with Crippen molar-refractivity contribution in [1.82, 2.24) is 4.98 Å². The van der Waals surface area contributed by atoms with Crippen molar-refractivity contribution < 1.29 is 9.53 Å². The van der Waals surface area contributed by atoms with E-state index in [2.05, 4.69) is 10.3 Å². The Hall–Kier alpha value is -2.27. The van der Waals surface area contributed by atoms with Crippen molar-refractivity contribution in [2.24, 2.45) is 0 Å². The Morgan fingerprint density at radius 3 is 2.90 bits per heavy atom. The van der Waals surface area contributed by atoms with E-state index < -0.39 is 0 Å². The number of nitrogens with one attached hydrogen (secondary N) is 1. The fraction of sp³-hybridized carbons (Fsp3) is 0.143. The monoisotopic (exact) mass is 291 g/mol. The Kier molecular flexibility index (Phi) is 4.42. The lowest BCUT2D eigenvalue weighted by atomic mass is 10.1. The number of carbonyl (C=O) groups excluding carboxylic acids is 1. The first kappa shape index (κ1) is 14.1. The summed E-state index contributed by atoms with van der Waals surface area (Å²) < 4.78 is 5.35. The summed E-state index contributed by atoms with van der Waals surface area (Å²) in [6.45, 7) is 2.36. The van der Waals surface area contributed by atoms with Crippen molar-refractivity contribution >= 4 is 29.0 Å². The van der Waals surface area contributed by atoms with Crippen LogP contribution >= 0.6 is 11.6 Å². The molecule has 20 heavy (non-hydrogen) atoms. The van der Waals surface area contributed by atoms with Gasteiger partial charge in [-0.05, 0) is 31.2 Å². The first-order valence-corrected chi connectivity index (χ1v) is 6.43. The molecule has 0 atom stereocenters. The van der Waals surface area contributed by atoms with Crippen LogP contribution in [-0.4, -0.2) is 17.5 Å². The van der Waals surface area contributed by atoms with Crippen LogP contribution in [0.3, 0.4) is 0 Å². The predicted molar refractivity (Wildman–Crippen MR) is 79.2 cm³/mol. The predicted octanol–water partition coefficient (Wildman–Crippen LogP) is 2.97. The summed E-state index contributed by atoms with van der Waals surface area (Å²) in [6, 6.07) is 9.85. The lowest BCUT2D eigenvalue weighted by Crippen LogP contribution is -2.13. The molecule has 0 spiro atoms. The van der Waals surface area contributed by atoms with Crippen LogP contribution in [0.25, 0.3) is 0 Å². The zero-order valence-corrected chi connectivity index (χ0v) is 11.6. The molecule has 6 heteroatoms. The van der Waals surface area contributed by atoms with E-state index in [1.54, 1.807) is 36.4 Å². The maximum absolute atomic E-state index is 12.1. The normalized spacial score (nSPS) is 10.1. The molecule has 1 aromatic carbocycles. The van der Waals surface area contributed by atoms with Crippen molar-refractivity contribution in [3.63, 3.8) is 0 Å². The second-order valence-electron chi connectivity index (χ2n) is 4.02. The minimum atomic E-state index is -0.326. The third-order valence-corrected chi connectivity index (χ3v) is 2.67. The molecule has 2 aromatic rings. The number of nitrogen functional groups attached to an aromatic ring is 1. The molecule has 0 aliphatic carbocycles. The minimum Gasteiger partial charge on any atom is -0.494 e. The Bertz CT molecular complexity index is 632. The van der Waals surface area contributed by atoms with Gasteiger partial charge in [0.1, 0.15) is 16.7 Å². The molecule has 0 saturated carbocycles. The fourth-order valence-electron chi connectivity index (χ4n) is 1.67. The maximum Gasteiger partial charge on any atom is 0.257 e. The van der Waals surface area contributed by atoms with E-state index >= 15 is 0 Å². The van der Waals surface area contributed by atoms with Gasteiger partial charge in [0.15, 0.2) is 0 Å².